The third-order valence-electron chi connectivity index (χ3n) is 7.03. The highest BCUT2D eigenvalue weighted by atomic mass is 16.3. The van der Waals surface area contributed by atoms with Gasteiger partial charge in [0.2, 0.25) is 5.91 Å². The number of amides is 1. The molecule has 0 radical (unpaired) electrons. The summed E-state index contributed by atoms with van der Waals surface area (Å²) in [6.45, 7) is 4.28. The average molecular weight is 496 g/mol. The van der Waals surface area contributed by atoms with Crippen molar-refractivity contribution >= 4 is 5.91 Å². The van der Waals surface area contributed by atoms with E-state index in [0.29, 0.717) is 12.8 Å². The molecule has 3 N–H and O–H groups in total. The molecular weight excluding hydrogens is 434 g/mol. The van der Waals surface area contributed by atoms with Crippen molar-refractivity contribution in [3.8, 4) is 0 Å². The van der Waals surface area contributed by atoms with E-state index >= 15 is 0 Å². The summed E-state index contributed by atoms with van der Waals surface area (Å²) in [4.78, 5) is 12.2. The van der Waals surface area contributed by atoms with E-state index in [1.165, 1.54) is 96.3 Å². The zero-order chi connectivity index (χ0) is 25.8. The molecule has 0 bridgehead atoms. The van der Waals surface area contributed by atoms with Crippen LogP contribution in [0.4, 0.5) is 0 Å². The molecule has 0 aromatic rings. The monoisotopic (exact) mass is 495 g/mol. The van der Waals surface area contributed by atoms with Crippen LogP contribution in [0.3, 0.4) is 0 Å². The molecule has 2 unspecified atom stereocenters. The molecule has 1 amide bonds. The summed E-state index contributed by atoms with van der Waals surface area (Å²) >= 11 is 0. The van der Waals surface area contributed by atoms with Crippen LogP contribution in [0.15, 0.2) is 12.2 Å². The third-order valence-corrected chi connectivity index (χ3v) is 7.03. The van der Waals surface area contributed by atoms with E-state index in [1.807, 2.05) is 0 Å². The second-order valence-corrected chi connectivity index (χ2v) is 10.5. The third kappa shape index (κ3) is 24.6. The first kappa shape index (κ1) is 34.1. The number of unbranched alkanes of at least 4 members (excludes halogenated alkanes) is 18. The van der Waals surface area contributed by atoms with Gasteiger partial charge in [-0.25, -0.2) is 0 Å². The van der Waals surface area contributed by atoms with Crippen molar-refractivity contribution in [2.75, 3.05) is 6.61 Å². The van der Waals surface area contributed by atoms with Crippen molar-refractivity contribution in [2.45, 2.75) is 174 Å². The Balaban J connectivity index is 3.61. The van der Waals surface area contributed by atoms with Gasteiger partial charge in [0.05, 0.1) is 18.8 Å². The lowest BCUT2D eigenvalue weighted by molar-refractivity contribution is -0.123. The summed E-state index contributed by atoms with van der Waals surface area (Å²) in [6, 6.07) is -0.534. The molecule has 0 aliphatic rings. The molecule has 0 rings (SSSR count). The van der Waals surface area contributed by atoms with E-state index in [1.54, 1.807) is 0 Å². The second-order valence-electron chi connectivity index (χ2n) is 10.5. The smallest absolute Gasteiger partial charge is 0.220 e. The van der Waals surface area contributed by atoms with Crippen molar-refractivity contribution in [1.29, 1.82) is 0 Å². The number of aliphatic hydroxyl groups is 2. The van der Waals surface area contributed by atoms with Crippen LogP contribution in [0.2, 0.25) is 0 Å². The van der Waals surface area contributed by atoms with Gasteiger partial charge in [-0.3, -0.25) is 4.79 Å². The molecule has 4 heteroatoms. The quantitative estimate of drug-likeness (QED) is 0.0791. The summed E-state index contributed by atoms with van der Waals surface area (Å²) in [7, 11) is 0. The average Bonchev–Trinajstić information content (AvgIpc) is 2.86. The molecule has 0 spiro atoms. The molecule has 0 aromatic carbocycles. The first-order valence-electron chi connectivity index (χ1n) is 15.4. The minimum absolute atomic E-state index is 0.0482. The van der Waals surface area contributed by atoms with Gasteiger partial charge in [-0.05, 0) is 32.1 Å². The number of rotatable bonds is 27. The van der Waals surface area contributed by atoms with E-state index in [4.69, 9.17) is 0 Å². The lowest BCUT2D eigenvalue weighted by Crippen LogP contribution is -2.45. The summed E-state index contributed by atoms with van der Waals surface area (Å²) in [6.07, 6.45) is 31.1. The standard InChI is InChI=1S/C31H61NO3/c1-3-5-7-9-11-13-15-16-17-18-20-22-24-26-30(34)29(28-33)32-31(35)27-25-23-21-19-14-12-10-8-6-4-2/h10,12,29-30,33-34H,3-9,11,13-28H2,1-2H3,(H,32,35)/b12-10-. The first-order chi connectivity index (χ1) is 17.2. The minimum atomic E-state index is -0.656. The number of carbonyl (C=O) groups excluding carboxylic acids is 1. The SMILES string of the molecule is CCCC/C=C\CCCCCCC(=O)NC(CO)C(O)CCCCCCCCCCCCCCC. The predicted octanol–water partition coefficient (Wildman–Crippen LogP) is 8.39. The molecular formula is C31H61NO3. The summed E-state index contributed by atoms with van der Waals surface area (Å²) < 4.78 is 0. The van der Waals surface area contributed by atoms with Crippen LogP contribution in [-0.4, -0.2) is 34.9 Å². The Kier molecular flexibility index (Phi) is 27.0. The number of aliphatic hydroxyl groups excluding tert-OH is 2. The van der Waals surface area contributed by atoms with Gasteiger partial charge in [0, 0.05) is 6.42 Å². The zero-order valence-electron chi connectivity index (χ0n) is 23.6. The zero-order valence-corrected chi connectivity index (χ0v) is 23.6. The summed E-state index contributed by atoms with van der Waals surface area (Å²) in [5, 5.41) is 22.9. The van der Waals surface area contributed by atoms with E-state index in [2.05, 4.69) is 31.3 Å². The van der Waals surface area contributed by atoms with Gasteiger partial charge >= 0.3 is 0 Å². The van der Waals surface area contributed by atoms with E-state index in [-0.39, 0.29) is 12.5 Å². The Morgan fingerprint density at radius 2 is 1.11 bits per heavy atom. The van der Waals surface area contributed by atoms with E-state index < -0.39 is 12.1 Å². The highest BCUT2D eigenvalue weighted by Gasteiger charge is 2.19. The fourth-order valence-electron chi connectivity index (χ4n) is 4.57. The Bertz CT molecular complexity index is 466. The molecule has 0 saturated heterocycles. The van der Waals surface area contributed by atoms with Crippen molar-refractivity contribution in [2.24, 2.45) is 0 Å². The molecule has 0 fully saturated rings. The maximum absolute atomic E-state index is 12.2. The highest BCUT2D eigenvalue weighted by molar-refractivity contribution is 5.76. The van der Waals surface area contributed by atoms with Crippen LogP contribution >= 0.6 is 0 Å². The summed E-state index contributed by atoms with van der Waals surface area (Å²) in [5.74, 6) is -0.0482. The fraction of sp³-hybridized carbons (Fsp3) is 0.903. The van der Waals surface area contributed by atoms with Gasteiger partial charge < -0.3 is 15.5 Å². The number of hydrogen-bond acceptors (Lipinski definition) is 3. The first-order valence-corrected chi connectivity index (χ1v) is 15.4. The Labute approximate surface area is 218 Å². The number of hydrogen-bond donors (Lipinski definition) is 3. The molecule has 0 heterocycles. The van der Waals surface area contributed by atoms with Crippen molar-refractivity contribution in [3.63, 3.8) is 0 Å². The number of nitrogens with one attached hydrogen (secondary N) is 1. The molecule has 0 aliphatic carbocycles. The topological polar surface area (TPSA) is 69.6 Å². The molecule has 35 heavy (non-hydrogen) atoms. The van der Waals surface area contributed by atoms with Gasteiger partial charge in [-0.15, -0.1) is 0 Å². The Morgan fingerprint density at radius 1 is 0.657 bits per heavy atom. The number of allylic oxidation sites excluding steroid dienone is 2. The lowest BCUT2D eigenvalue weighted by Gasteiger charge is -2.22. The van der Waals surface area contributed by atoms with Gasteiger partial charge in [0.15, 0.2) is 0 Å². The van der Waals surface area contributed by atoms with Gasteiger partial charge in [-0.1, -0.05) is 135 Å². The second kappa shape index (κ2) is 27.7. The summed E-state index contributed by atoms with van der Waals surface area (Å²) in [5.41, 5.74) is 0. The fourth-order valence-corrected chi connectivity index (χ4v) is 4.57. The van der Waals surface area contributed by atoms with Crippen LogP contribution < -0.4 is 5.32 Å². The molecule has 4 nitrogen and oxygen atoms in total. The van der Waals surface area contributed by atoms with Crippen LogP contribution in [0.5, 0.6) is 0 Å². The molecule has 0 saturated carbocycles. The van der Waals surface area contributed by atoms with Crippen molar-refractivity contribution in [3.05, 3.63) is 12.2 Å². The highest BCUT2D eigenvalue weighted by Crippen LogP contribution is 2.14. The lowest BCUT2D eigenvalue weighted by atomic mass is 10.0. The number of carbonyl (C=O) groups is 1. The Hall–Kier alpha value is -0.870. The largest absolute Gasteiger partial charge is 0.394 e. The van der Waals surface area contributed by atoms with Crippen LogP contribution in [0.25, 0.3) is 0 Å². The van der Waals surface area contributed by atoms with Crippen molar-refractivity contribution < 1.29 is 15.0 Å². The van der Waals surface area contributed by atoms with Crippen LogP contribution in [0, 0.1) is 0 Å². The predicted molar refractivity (Wildman–Crippen MR) is 152 cm³/mol. The normalized spacial score (nSPS) is 13.4. The maximum atomic E-state index is 12.2. The van der Waals surface area contributed by atoms with E-state index in [0.717, 1.165) is 38.5 Å². The van der Waals surface area contributed by atoms with Gasteiger partial charge in [0.1, 0.15) is 0 Å². The van der Waals surface area contributed by atoms with Gasteiger partial charge in [0.25, 0.3) is 0 Å². The Morgan fingerprint density at radius 3 is 1.66 bits per heavy atom. The van der Waals surface area contributed by atoms with Gasteiger partial charge in [-0.2, -0.15) is 0 Å². The molecule has 208 valence electrons. The molecule has 2 atom stereocenters. The van der Waals surface area contributed by atoms with Crippen molar-refractivity contribution in [1.82, 2.24) is 5.32 Å². The maximum Gasteiger partial charge on any atom is 0.220 e. The minimum Gasteiger partial charge on any atom is -0.394 e. The molecule has 0 aromatic heterocycles. The molecule has 0 aliphatic heterocycles. The van der Waals surface area contributed by atoms with E-state index in [9.17, 15) is 15.0 Å². The van der Waals surface area contributed by atoms with Crippen LogP contribution in [0.1, 0.15) is 162 Å². The van der Waals surface area contributed by atoms with Crippen LogP contribution in [-0.2, 0) is 4.79 Å².